The second kappa shape index (κ2) is 3.86. The second-order valence-electron chi connectivity index (χ2n) is 3.00. The van der Waals surface area contributed by atoms with Crippen LogP contribution in [0.5, 0.6) is 5.75 Å². The third kappa shape index (κ3) is 1.66. The first-order valence-electron chi connectivity index (χ1n) is 4.40. The summed E-state index contributed by atoms with van der Waals surface area (Å²) in [6.45, 7) is 1.99. The smallest absolute Gasteiger partial charge is 0.293 e. The number of rotatable bonds is 2. The zero-order valence-corrected chi connectivity index (χ0v) is 9.22. The molecule has 1 N–H and O–H groups in total. The molecule has 0 aliphatic carbocycles. The number of hydrogen-bond acceptors (Lipinski definition) is 4. The van der Waals surface area contributed by atoms with Crippen LogP contribution in [0.1, 0.15) is 4.88 Å². The third-order valence-corrected chi connectivity index (χ3v) is 2.97. The maximum absolute atomic E-state index is 11.5. The number of hydrogen-bond donors (Lipinski definition) is 1. The molecule has 4 nitrogen and oxygen atoms in total. The van der Waals surface area contributed by atoms with Gasteiger partial charge < -0.3 is 9.72 Å². The van der Waals surface area contributed by atoms with E-state index in [1.165, 1.54) is 13.4 Å². The number of aryl methyl sites for hydroxylation is 1. The number of aromatic amines is 1. The van der Waals surface area contributed by atoms with Crippen LogP contribution >= 0.6 is 11.3 Å². The topological polar surface area (TPSA) is 55.0 Å². The van der Waals surface area contributed by atoms with Crippen molar-refractivity contribution in [2.24, 2.45) is 0 Å². The molecule has 78 valence electrons. The van der Waals surface area contributed by atoms with Gasteiger partial charge in [-0.3, -0.25) is 4.79 Å². The molecule has 0 spiro atoms. The Morgan fingerprint density at radius 3 is 2.93 bits per heavy atom. The van der Waals surface area contributed by atoms with Gasteiger partial charge in [-0.1, -0.05) is 0 Å². The van der Waals surface area contributed by atoms with Crippen molar-refractivity contribution in [3.05, 3.63) is 33.0 Å². The summed E-state index contributed by atoms with van der Waals surface area (Å²) in [5.74, 6) is 0.263. The number of nitrogens with one attached hydrogen (secondary N) is 1. The van der Waals surface area contributed by atoms with Crippen LogP contribution in [0.25, 0.3) is 11.3 Å². The lowest BCUT2D eigenvalue weighted by molar-refractivity contribution is 0.408. The molecule has 0 amide bonds. The van der Waals surface area contributed by atoms with E-state index in [0.29, 0.717) is 5.69 Å². The zero-order valence-electron chi connectivity index (χ0n) is 8.40. The molecule has 0 aliphatic rings. The first-order valence-corrected chi connectivity index (χ1v) is 5.28. The predicted molar refractivity (Wildman–Crippen MR) is 59.5 cm³/mol. The van der Waals surface area contributed by atoms with Gasteiger partial charge in [0, 0.05) is 10.4 Å². The molecule has 0 aromatic carbocycles. The van der Waals surface area contributed by atoms with E-state index in [1.807, 2.05) is 18.4 Å². The molecular formula is C10H10N2O2S. The average molecular weight is 222 g/mol. The van der Waals surface area contributed by atoms with Crippen molar-refractivity contribution in [3.63, 3.8) is 0 Å². The largest absolute Gasteiger partial charge is 0.490 e. The van der Waals surface area contributed by atoms with E-state index in [0.717, 1.165) is 10.4 Å². The van der Waals surface area contributed by atoms with Crippen molar-refractivity contribution in [1.29, 1.82) is 0 Å². The fraction of sp³-hybridized carbons (Fsp3) is 0.200. The highest BCUT2D eigenvalue weighted by molar-refractivity contribution is 7.10. The van der Waals surface area contributed by atoms with Crippen molar-refractivity contribution in [3.8, 4) is 17.0 Å². The lowest BCUT2D eigenvalue weighted by atomic mass is 10.2. The summed E-state index contributed by atoms with van der Waals surface area (Å²) in [5.41, 5.74) is 1.29. The first-order chi connectivity index (χ1) is 7.24. The summed E-state index contributed by atoms with van der Waals surface area (Å²) in [4.78, 5) is 19.2. The van der Waals surface area contributed by atoms with Crippen molar-refractivity contribution in [2.45, 2.75) is 6.92 Å². The van der Waals surface area contributed by atoms with E-state index < -0.39 is 0 Å². The van der Waals surface area contributed by atoms with E-state index in [9.17, 15) is 4.79 Å². The lowest BCUT2D eigenvalue weighted by Crippen LogP contribution is -2.11. The zero-order chi connectivity index (χ0) is 10.8. The van der Waals surface area contributed by atoms with Crippen LogP contribution in [0.3, 0.4) is 0 Å². The molecule has 5 heteroatoms. The molecule has 15 heavy (non-hydrogen) atoms. The van der Waals surface area contributed by atoms with Crippen LogP contribution in [0.15, 0.2) is 22.6 Å². The molecule has 0 bridgehead atoms. The van der Waals surface area contributed by atoms with Crippen molar-refractivity contribution >= 4 is 11.3 Å². The Bertz CT molecular complexity index is 530. The van der Waals surface area contributed by atoms with E-state index in [1.54, 1.807) is 11.3 Å². The molecule has 0 radical (unpaired) electrons. The van der Waals surface area contributed by atoms with Gasteiger partial charge in [0.05, 0.1) is 13.4 Å². The van der Waals surface area contributed by atoms with Gasteiger partial charge in [-0.15, -0.1) is 11.3 Å². The number of H-pyrrole nitrogens is 1. The van der Waals surface area contributed by atoms with E-state index in [-0.39, 0.29) is 11.3 Å². The highest BCUT2D eigenvalue weighted by atomic mass is 32.1. The SMILES string of the molecule is COc1c(-c2ccsc2C)nc[nH]c1=O. The van der Waals surface area contributed by atoms with Gasteiger partial charge in [0.15, 0.2) is 0 Å². The number of nitrogens with zero attached hydrogens (tertiary/aromatic N) is 1. The molecule has 2 heterocycles. The fourth-order valence-corrected chi connectivity index (χ4v) is 2.10. The maximum Gasteiger partial charge on any atom is 0.293 e. The lowest BCUT2D eigenvalue weighted by Gasteiger charge is -2.04. The Morgan fingerprint density at radius 2 is 2.33 bits per heavy atom. The monoisotopic (exact) mass is 222 g/mol. The second-order valence-corrected chi connectivity index (χ2v) is 4.12. The van der Waals surface area contributed by atoms with Gasteiger partial charge >= 0.3 is 0 Å². The molecule has 0 unspecified atom stereocenters. The quantitative estimate of drug-likeness (QED) is 0.843. The molecule has 0 saturated heterocycles. The summed E-state index contributed by atoms with van der Waals surface area (Å²) < 4.78 is 5.05. The van der Waals surface area contributed by atoms with Crippen molar-refractivity contribution in [1.82, 2.24) is 9.97 Å². The summed E-state index contributed by atoms with van der Waals surface area (Å²) in [5, 5.41) is 1.97. The molecule has 0 aliphatic heterocycles. The molecule has 0 fully saturated rings. The Balaban J connectivity index is 2.68. The Labute approximate surface area is 90.6 Å². The Morgan fingerprint density at radius 1 is 1.53 bits per heavy atom. The van der Waals surface area contributed by atoms with Gasteiger partial charge in [0.2, 0.25) is 5.75 Å². The minimum Gasteiger partial charge on any atom is -0.490 e. The summed E-state index contributed by atoms with van der Waals surface area (Å²) >= 11 is 1.62. The Kier molecular flexibility index (Phi) is 2.55. The number of ether oxygens (including phenoxy) is 1. The Hall–Kier alpha value is -1.62. The van der Waals surface area contributed by atoms with Crippen LogP contribution in [0, 0.1) is 6.92 Å². The fourth-order valence-electron chi connectivity index (χ4n) is 1.40. The number of thiophene rings is 1. The maximum atomic E-state index is 11.5. The minimum atomic E-state index is -0.256. The van der Waals surface area contributed by atoms with Crippen LogP contribution < -0.4 is 10.3 Å². The van der Waals surface area contributed by atoms with Crippen LogP contribution in [0.2, 0.25) is 0 Å². The molecule has 2 aromatic heterocycles. The van der Waals surface area contributed by atoms with Crippen LogP contribution in [-0.2, 0) is 0 Å². The summed E-state index contributed by atoms with van der Waals surface area (Å²) in [6.07, 6.45) is 1.39. The first kappa shape index (κ1) is 9.92. The van der Waals surface area contributed by atoms with Gasteiger partial charge in [0.1, 0.15) is 5.69 Å². The summed E-state index contributed by atoms with van der Waals surface area (Å²) in [7, 11) is 1.47. The molecule has 2 aromatic rings. The number of methoxy groups -OCH3 is 1. The minimum absolute atomic E-state index is 0.256. The van der Waals surface area contributed by atoms with Gasteiger partial charge in [0.25, 0.3) is 5.56 Å². The molecular weight excluding hydrogens is 212 g/mol. The predicted octanol–water partition coefficient (Wildman–Crippen LogP) is 1.82. The normalized spacial score (nSPS) is 10.3. The molecule has 2 rings (SSSR count). The summed E-state index contributed by atoms with van der Waals surface area (Å²) in [6, 6.07) is 1.93. The van der Waals surface area contributed by atoms with Crippen molar-refractivity contribution < 1.29 is 4.74 Å². The van der Waals surface area contributed by atoms with E-state index in [4.69, 9.17) is 4.74 Å². The van der Waals surface area contributed by atoms with Gasteiger partial charge in [-0.2, -0.15) is 0 Å². The highest BCUT2D eigenvalue weighted by Crippen LogP contribution is 2.29. The third-order valence-electron chi connectivity index (χ3n) is 2.13. The van der Waals surface area contributed by atoms with Crippen LogP contribution in [0.4, 0.5) is 0 Å². The van der Waals surface area contributed by atoms with Gasteiger partial charge in [-0.25, -0.2) is 4.98 Å². The standard InChI is InChI=1S/C10H10N2O2S/c1-6-7(3-4-15-6)8-9(14-2)10(13)12-5-11-8/h3-5H,1-2H3,(H,11,12,13). The average Bonchev–Trinajstić information content (AvgIpc) is 2.64. The number of aromatic nitrogens is 2. The van der Waals surface area contributed by atoms with Gasteiger partial charge in [-0.05, 0) is 18.4 Å². The van der Waals surface area contributed by atoms with Crippen molar-refractivity contribution in [2.75, 3.05) is 7.11 Å². The highest BCUT2D eigenvalue weighted by Gasteiger charge is 2.13. The molecule has 0 saturated carbocycles. The van der Waals surface area contributed by atoms with E-state index >= 15 is 0 Å². The van der Waals surface area contributed by atoms with E-state index in [2.05, 4.69) is 9.97 Å². The van der Waals surface area contributed by atoms with Crippen LogP contribution in [-0.4, -0.2) is 17.1 Å². The molecule has 0 atom stereocenters.